The van der Waals surface area contributed by atoms with Crippen molar-refractivity contribution >= 4 is 15.9 Å². The first kappa shape index (κ1) is 10.7. The Morgan fingerprint density at radius 3 is 2.85 bits per heavy atom. The first-order valence-corrected chi connectivity index (χ1v) is 5.11. The van der Waals surface area contributed by atoms with E-state index in [1.54, 1.807) is 7.11 Å². The van der Waals surface area contributed by atoms with Crippen LogP contribution in [0.3, 0.4) is 0 Å². The molecule has 0 saturated heterocycles. The highest BCUT2D eigenvalue weighted by Crippen LogP contribution is 2.10. The van der Waals surface area contributed by atoms with Crippen molar-refractivity contribution in [2.45, 2.75) is 13.3 Å². The van der Waals surface area contributed by atoms with Crippen molar-refractivity contribution in [3.63, 3.8) is 0 Å². The van der Waals surface area contributed by atoms with E-state index in [-0.39, 0.29) is 0 Å². The molecule has 1 atom stereocenters. The van der Waals surface area contributed by atoms with Gasteiger partial charge in [-0.25, -0.2) is 0 Å². The van der Waals surface area contributed by atoms with Gasteiger partial charge in [0.2, 0.25) is 0 Å². The Labute approximate surface area is 87.5 Å². The molecule has 0 aliphatic rings. The minimum Gasteiger partial charge on any atom is -0.384 e. The van der Waals surface area contributed by atoms with E-state index in [9.17, 15) is 0 Å². The zero-order valence-electron chi connectivity index (χ0n) is 7.96. The molecule has 0 saturated carbocycles. The lowest BCUT2D eigenvalue weighted by Gasteiger charge is -2.08. The van der Waals surface area contributed by atoms with Gasteiger partial charge in [-0.15, -0.1) is 0 Å². The van der Waals surface area contributed by atoms with Crippen molar-refractivity contribution in [2.75, 3.05) is 13.7 Å². The van der Waals surface area contributed by atoms with Gasteiger partial charge in [-0.1, -0.05) is 6.92 Å². The summed E-state index contributed by atoms with van der Waals surface area (Å²) in [7, 11) is 1.73. The van der Waals surface area contributed by atoms with E-state index in [2.05, 4.69) is 27.8 Å². The molecular formula is C10H14BrNO. The van der Waals surface area contributed by atoms with Gasteiger partial charge in [-0.3, -0.25) is 4.98 Å². The van der Waals surface area contributed by atoms with Crippen LogP contribution in [0.2, 0.25) is 0 Å². The third kappa shape index (κ3) is 3.87. The van der Waals surface area contributed by atoms with Gasteiger partial charge in [-0.2, -0.15) is 0 Å². The highest BCUT2D eigenvalue weighted by atomic mass is 79.9. The summed E-state index contributed by atoms with van der Waals surface area (Å²) >= 11 is 3.36. The molecule has 72 valence electrons. The molecule has 0 aromatic carbocycles. The lowest BCUT2D eigenvalue weighted by Crippen LogP contribution is -2.07. The van der Waals surface area contributed by atoms with Crippen molar-refractivity contribution in [1.82, 2.24) is 4.98 Å². The average Bonchev–Trinajstić information content (AvgIpc) is 2.09. The Hall–Kier alpha value is -0.410. The number of aromatic nitrogens is 1. The fourth-order valence-electron chi connectivity index (χ4n) is 1.23. The molecule has 0 spiro atoms. The summed E-state index contributed by atoms with van der Waals surface area (Å²) < 4.78 is 6.09. The fourth-order valence-corrected chi connectivity index (χ4v) is 1.46. The fraction of sp³-hybridized carbons (Fsp3) is 0.500. The van der Waals surface area contributed by atoms with E-state index in [0.29, 0.717) is 5.92 Å². The molecule has 3 heteroatoms. The molecule has 1 aromatic heterocycles. The van der Waals surface area contributed by atoms with Crippen LogP contribution < -0.4 is 0 Å². The van der Waals surface area contributed by atoms with Gasteiger partial charge in [0.05, 0.1) is 0 Å². The van der Waals surface area contributed by atoms with Crippen LogP contribution >= 0.6 is 15.9 Å². The lowest BCUT2D eigenvalue weighted by molar-refractivity contribution is 0.159. The van der Waals surface area contributed by atoms with E-state index in [0.717, 1.165) is 23.2 Å². The van der Waals surface area contributed by atoms with Gasteiger partial charge in [0.1, 0.15) is 0 Å². The van der Waals surface area contributed by atoms with Crippen LogP contribution in [0.4, 0.5) is 0 Å². The molecule has 0 N–H and O–H groups in total. The molecule has 13 heavy (non-hydrogen) atoms. The molecular weight excluding hydrogens is 230 g/mol. The highest BCUT2D eigenvalue weighted by molar-refractivity contribution is 9.10. The van der Waals surface area contributed by atoms with Gasteiger partial charge in [0.15, 0.2) is 0 Å². The van der Waals surface area contributed by atoms with E-state index < -0.39 is 0 Å². The number of nitrogens with zero attached hydrogens (tertiary/aromatic N) is 1. The predicted octanol–water partition coefficient (Wildman–Crippen LogP) is 2.67. The summed E-state index contributed by atoms with van der Waals surface area (Å²) in [6.07, 6.45) is 2.80. The van der Waals surface area contributed by atoms with Gasteiger partial charge in [0.25, 0.3) is 0 Å². The number of methoxy groups -OCH3 is 1. The van der Waals surface area contributed by atoms with Crippen molar-refractivity contribution in [2.24, 2.45) is 5.92 Å². The van der Waals surface area contributed by atoms with Gasteiger partial charge >= 0.3 is 0 Å². The first-order valence-electron chi connectivity index (χ1n) is 4.31. The molecule has 0 radical (unpaired) electrons. The van der Waals surface area contributed by atoms with Gasteiger partial charge < -0.3 is 4.74 Å². The molecule has 1 unspecified atom stereocenters. The van der Waals surface area contributed by atoms with Crippen LogP contribution in [0.1, 0.15) is 12.6 Å². The zero-order valence-corrected chi connectivity index (χ0v) is 9.54. The molecule has 1 rings (SSSR count). The molecule has 0 aliphatic heterocycles. The Morgan fingerprint density at radius 1 is 1.54 bits per heavy atom. The van der Waals surface area contributed by atoms with Crippen LogP contribution in [0, 0.1) is 5.92 Å². The maximum absolute atomic E-state index is 5.06. The summed E-state index contributed by atoms with van der Waals surface area (Å²) in [5.41, 5.74) is 1.12. The summed E-state index contributed by atoms with van der Waals surface area (Å²) in [5, 5.41) is 0. The Balaban J connectivity index is 2.49. The van der Waals surface area contributed by atoms with Gasteiger partial charge in [0, 0.05) is 30.1 Å². The third-order valence-corrected chi connectivity index (χ3v) is 2.27. The molecule has 0 fully saturated rings. The number of hydrogen-bond donors (Lipinski definition) is 0. The quantitative estimate of drug-likeness (QED) is 0.812. The minimum atomic E-state index is 0.527. The van der Waals surface area contributed by atoms with E-state index >= 15 is 0 Å². The smallest absolute Gasteiger partial charge is 0.0491 e. The Bertz CT molecular complexity index is 248. The Kier molecular flexibility index (Phi) is 4.39. The van der Waals surface area contributed by atoms with E-state index in [1.165, 1.54) is 0 Å². The van der Waals surface area contributed by atoms with E-state index in [4.69, 9.17) is 4.74 Å². The minimum absolute atomic E-state index is 0.527. The summed E-state index contributed by atoms with van der Waals surface area (Å²) in [6, 6.07) is 4.05. The third-order valence-electron chi connectivity index (χ3n) is 1.80. The van der Waals surface area contributed by atoms with Crippen LogP contribution in [0.25, 0.3) is 0 Å². The molecule has 1 heterocycles. The Morgan fingerprint density at radius 2 is 2.31 bits per heavy atom. The summed E-state index contributed by atoms with van der Waals surface area (Å²) in [4.78, 5) is 4.30. The van der Waals surface area contributed by atoms with Crippen LogP contribution in [0.15, 0.2) is 22.8 Å². The topological polar surface area (TPSA) is 22.1 Å². The SMILES string of the molecule is COCC(C)Cc1ccc(Br)cn1. The van der Waals surface area contributed by atoms with Crippen molar-refractivity contribution in [3.05, 3.63) is 28.5 Å². The second kappa shape index (κ2) is 5.35. The maximum atomic E-state index is 5.06. The molecule has 2 nitrogen and oxygen atoms in total. The highest BCUT2D eigenvalue weighted by Gasteiger charge is 2.03. The largest absolute Gasteiger partial charge is 0.384 e. The lowest BCUT2D eigenvalue weighted by atomic mass is 10.1. The number of pyridine rings is 1. The number of halogens is 1. The second-order valence-electron chi connectivity index (χ2n) is 3.23. The van der Waals surface area contributed by atoms with Crippen molar-refractivity contribution in [3.8, 4) is 0 Å². The summed E-state index contributed by atoms with van der Waals surface area (Å²) in [6.45, 7) is 2.95. The number of rotatable bonds is 4. The molecule has 0 aliphatic carbocycles. The van der Waals surface area contributed by atoms with Crippen LogP contribution in [0.5, 0.6) is 0 Å². The zero-order chi connectivity index (χ0) is 9.68. The van der Waals surface area contributed by atoms with Gasteiger partial charge in [-0.05, 0) is 40.4 Å². The van der Waals surface area contributed by atoms with Crippen molar-refractivity contribution < 1.29 is 4.74 Å². The molecule has 0 bridgehead atoms. The normalized spacial score (nSPS) is 12.8. The van der Waals surface area contributed by atoms with Crippen LogP contribution in [-0.4, -0.2) is 18.7 Å². The van der Waals surface area contributed by atoms with Crippen molar-refractivity contribution in [1.29, 1.82) is 0 Å². The first-order chi connectivity index (χ1) is 6.22. The number of hydrogen-bond acceptors (Lipinski definition) is 2. The maximum Gasteiger partial charge on any atom is 0.0491 e. The molecule has 1 aromatic rings. The molecule has 0 amide bonds. The monoisotopic (exact) mass is 243 g/mol. The second-order valence-corrected chi connectivity index (χ2v) is 4.15. The summed E-state index contributed by atoms with van der Waals surface area (Å²) in [5.74, 6) is 0.527. The standard InChI is InChI=1S/C10H14BrNO/c1-8(7-13-2)5-10-4-3-9(11)6-12-10/h3-4,6,8H,5,7H2,1-2H3. The van der Waals surface area contributed by atoms with E-state index in [1.807, 2.05) is 18.3 Å². The number of ether oxygens (including phenoxy) is 1. The van der Waals surface area contributed by atoms with Crippen LogP contribution in [-0.2, 0) is 11.2 Å². The predicted molar refractivity (Wildman–Crippen MR) is 56.7 cm³/mol. The average molecular weight is 244 g/mol.